The number of aromatic amines is 1. The van der Waals surface area contributed by atoms with Gasteiger partial charge in [-0.2, -0.15) is 14.9 Å². The molecule has 8 heteroatoms. The molecule has 3 aromatic rings. The Labute approximate surface area is 173 Å². The molecule has 0 saturated carbocycles. The van der Waals surface area contributed by atoms with E-state index in [9.17, 15) is 0 Å². The highest BCUT2D eigenvalue weighted by molar-refractivity contribution is 7.71. The van der Waals surface area contributed by atoms with E-state index in [1.807, 2.05) is 56.3 Å². The van der Waals surface area contributed by atoms with Gasteiger partial charge < -0.3 is 9.47 Å². The van der Waals surface area contributed by atoms with Gasteiger partial charge >= 0.3 is 0 Å². The van der Waals surface area contributed by atoms with Crippen molar-refractivity contribution >= 4 is 30.0 Å². The van der Waals surface area contributed by atoms with Crippen LogP contribution in [0.3, 0.4) is 0 Å². The Hall–Kier alpha value is -2.64. The molecule has 0 aliphatic heterocycles. The fraction of sp³-hybridized carbons (Fsp3) is 0.250. The minimum Gasteiger partial charge on any atom is -0.493 e. The number of hydrogen-bond acceptors (Lipinski definition) is 5. The van der Waals surface area contributed by atoms with E-state index in [1.54, 1.807) is 18.0 Å². The van der Waals surface area contributed by atoms with Crippen molar-refractivity contribution in [1.29, 1.82) is 0 Å². The first kappa shape index (κ1) is 20.1. The molecule has 146 valence electrons. The third-order valence-electron chi connectivity index (χ3n) is 3.99. The summed E-state index contributed by atoms with van der Waals surface area (Å²) in [5, 5.41) is 12.1. The number of aromatic nitrogens is 3. The molecule has 3 rings (SSSR count). The molecule has 0 atom stereocenters. The van der Waals surface area contributed by atoms with Gasteiger partial charge in [-0.15, -0.1) is 0 Å². The highest BCUT2D eigenvalue weighted by Crippen LogP contribution is 2.28. The molecule has 0 radical (unpaired) electrons. The summed E-state index contributed by atoms with van der Waals surface area (Å²) < 4.78 is 13.4. The van der Waals surface area contributed by atoms with Gasteiger partial charge in [-0.1, -0.05) is 37.6 Å². The Morgan fingerprint density at radius 2 is 2.07 bits per heavy atom. The predicted octanol–water partition coefficient (Wildman–Crippen LogP) is 5.19. The Bertz CT molecular complexity index is 1040. The van der Waals surface area contributed by atoms with Crippen LogP contribution in [0.4, 0.5) is 0 Å². The van der Waals surface area contributed by atoms with Gasteiger partial charge in [-0.25, -0.2) is 0 Å². The van der Waals surface area contributed by atoms with Crippen molar-refractivity contribution in [3.63, 3.8) is 0 Å². The van der Waals surface area contributed by atoms with Crippen molar-refractivity contribution in [2.75, 3.05) is 7.11 Å². The summed E-state index contributed by atoms with van der Waals surface area (Å²) in [6.45, 7) is 4.46. The smallest absolute Gasteiger partial charge is 0.216 e. The van der Waals surface area contributed by atoms with Crippen LogP contribution < -0.4 is 9.47 Å². The quantitative estimate of drug-likeness (QED) is 0.425. The van der Waals surface area contributed by atoms with Gasteiger partial charge in [0.25, 0.3) is 0 Å². The van der Waals surface area contributed by atoms with Gasteiger partial charge in [-0.3, -0.25) is 5.10 Å². The van der Waals surface area contributed by atoms with Crippen molar-refractivity contribution in [3.8, 4) is 11.5 Å². The molecule has 0 fully saturated rings. The Morgan fingerprint density at radius 1 is 1.25 bits per heavy atom. The topological polar surface area (TPSA) is 64.4 Å². The molecular weight excluding hydrogens is 396 g/mol. The molecule has 0 spiro atoms. The zero-order valence-electron chi connectivity index (χ0n) is 15.8. The number of methoxy groups -OCH3 is 1. The molecule has 0 unspecified atom stereocenters. The van der Waals surface area contributed by atoms with E-state index in [2.05, 4.69) is 15.3 Å². The lowest BCUT2D eigenvalue weighted by Gasteiger charge is -2.11. The number of rotatable bonds is 7. The molecule has 1 N–H and O–H groups in total. The van der Waals surface area contributed by atoms with Crippen molar-refractivity contribution in [2.45, 2.75) is 26.4 Å². The van der Waals surface area contributed by atoms with Gasteiger partial charge in [0.2, 0.25) is 4.77 Å². The zero-order chi connectivity index (χ0) is 20.1. The molecule has 1 heterocycles. The molecule has 0 aliphatic rings. The molecule has 2 aromatic carbocycles. The average Bonchev–Trinajstić information content (AvgIpc) is 3.05. The van der Waals surface area contributed by atoms with Crippen LogP contribution in [0.15, 0.2) is 47.6 Å². The molecule has 0 amide bonds. The SMILES string of the molecule is COc1cc(/C=N\n2c(C(C)C)n[nH]c2=S)ccc1OCc1cccc(Cl)c1. The van der Waals surface area contributed by atoms with E-state index in [4.69, 9.17) is 33.3 Å². The Kier molecular flexibility index (Phi) is 6.49. The van der Waals surface area contributed by atoms with Crippen LogP contribution in [-0.2, 0) is 6.61 Å². The molecule has 0 bridgehead atoms. The predicted molar refractivity (Wildman–Crippen MR) is 113 cm³/mol. The van der Waals surface area contributed by atoms with Crippen molar-refractivity contribution in [2.24, 2.45) is 5.10 Å². The van der Waals surface area contributed by atoms with E-state index in [-0.39, 0.29) is 5.92 Å². The standard InChI is InChI=1S/C20H21ClN4O2S/c1-13(2)19-23-24-20(28)25(19)22-11-14-7-8-17(18(10-14)26-3)27-12-15-5-4-6-16(21)9-15/h4-11,13H,12H2,1-3H3,(H,24,28)/b22-11-. The van der Waals surface area contributed by atoms with E-state index in [1.165, 1.54) is 0 Å². The number of H-pyrrole nitrogens is 1. The van der Waals surface area contributed by atoms with Gasteiger partial charge in [0.15, 0.2) is 17.3 Å². The summed E-state index contributed by atoms with van der Waals surface area (Å²) in [6, 6.07) is 13.2. The van der Waals surface area contributed by atoms with Gasteiger partial charge in [0, 0.05) is 10.9 Å². The van der Waals surface area contributed by atoms with Crippen LogP contribution in [0.2, 0.25) is 5.02 Å². The summed E-state index contributed by atoms with van der Waals surface area (Å²) in [5.41, 5.74) is 1.83. The van der Waals surface area contributed by atoms with E-state index < -0.39 is 0 Å². The first-order chi connectivity index (χ1) is 13.5. The summed E-state index contributed by atoms with van der Waals surface area (Å²) >= 11 is 11.3. The lowest BCUT2D eigenvalue weighted by molar-refractivity contribution is 0.284. The first-order valence-electron chi connectivity index (χ1n) is 8.75. The zero-order valence-corrected chi connectivity index (χ0v) is 17.4. The number of hydrogen-bond donors (Lipinski definition) is 1. The van der Waals surface area contributed by atoms with Crippen LogP contribution in [-0.4, -0.2) is 28.2 Å². The average molecular weight is 417 g/mol. The van der Waals surface area contributed by atoms with Crippen LogP contribution in [0, 0.1) is 4.77 Å². The molecule has 6 nitrogen and oxygen atoms in total. The van der Waals surface area contributed by atoms with Gasteiger partial charge in [-0.05, 0) is 53.7 Å². The third kappa shape index (κ3) is 4.79. The second-order valence-electron chi connectivity index (χ2n) is 6.43. The van der Waals surface area contributed by atoms with Gasteiger partial charge in [0.05, 0.1) is 13.3 Å². The molecular formula is C20H21ClN4O2S. The number of benzene rings is 2. The van der Waals surface area contributed by atoms with Crippen LogP contribution in [0.25, 0.3) is 0 Å². The number of nitrogens with one attached hydrogen (secondary N) is 1. The molecule has 1 aromatic heterocycles. The first-order valence-corrected chi connectivity index (χ1v) is 9.53. The van der Waals surface area contributed by atoms with Crippen LogP contribution >= 0.6 is 23.8 Å². The maximum atomic E-state index is 6.01. The van der Waals surface area contributed by atoms with Crippen molar-refractivity contribution < 1.29 is 9.47 Å². The lowest BCUT2D eigenvalue weighted by atomic mass is 10.2. The number of ether oxygens (including phenoxy) is 2. The Morgan fingerprint density at radius 3 is 2.79 bits per heavy atom. The third-order valence-corrected chi connectivity index (χ3v) is 4.48. The van der Waals surface area contributed by atoms with E-state index in [0.29, 0.717) is 27.9 Å². The summed E-state index contributed by atoms with van der Waals surface area (Å²) in [5.74, 6) is 2.23. The highest BCUT2D eigenvalue weighted by Gasteiger charge is 2.09. The number of halogens is 1. The normalized spacial score (nSPS) is 11.3. The molecule has 0 saturated heterocycles. The molecule has 0 aliphatic carbocycles. The fourth-order valence-corrected chi connectivity index (χ4v) is 2.98. The monoisotopic (exact) mass is 416 g/mol. The maximum absolute atomic E-state index is 6.01. The minimum atomic E-state index is 0.196. The lowest BCUT2D eigenvalue weighted by Crippen LogP contribution is -2.01. The van der Waals surface area contributed by atoms with E-state index >= 15 is 0 Å². The second kappa shape index (κ2) is 9.03. The highest BCUT2D eigenvalue weighted by atomic mass is 35.5. The van der Waals surface area contributed by atoms with E-state index in [0.717, 1.165) is 17.0 Å². The largest absolute Gasteiger partial charge is 0.493 e. The minimum absolute atomic E-state index is 0.196. The fourth-order valence-electron chi connectivity index (χ4n) is 2.59. The summed E-state index contributed by atoms with van der Waals surface area (Å²) in [6.07, 6.45) is 1.71. The number of nitrogens with zero attached hydrogens (tertiary/aromatic N) is 3. The van der Waals surface area contributed by atoms with Gasteiger partial charge in [0.1, 0.15) is 6.61 Å². The van der Waals surface area contributed by atoms with Crippen molar-refractivity contribution in [3.05, 3.63) is 69.2 Å². The van der Waals surface area contributed by atoms with Crippen LogP contribution in [0.1, 0.15) is 36.7 Å². The summed E-state index contributed by atoms with van der Waals surface area (Å²) in [4.78, 5) is 0. The maximum Gasteiger partial charge on any atom is 0.216 e. The second-order valence-corrected chi connectivity index (χ2v) is 7.25. The summed E-state index contributed by atoms with van der Waals surface area (Å²) in [7, 11) is 1.60. The molecule has 28 heavy (non-hydrogen) atoms. The van der Waals surface area contributed by atoms with Crippen LogP contribution in [0.5, 0.6) is 11.5 Å². The van der Waals surface area contributed by atoms with Crippen molar-refractivity contribution in [1.82, 2.24) is 14.9 Å². The Balaban J connectivity index is 1.78.